The number of aliphatic hydroxyl groups is 1. The summed E-state index contributed by atoms with van der Waals surface area (Å²) in [7, 11) is 1.48. The number of hydrogen-bond acceptors (Lipinski definition) is 3. The van der Waals surface area contributed by atoms with E-state index in [1.807, 2.05) is 13.8 Å². The molecule has 1 aromatic carbocycles. The molecule has 0 aliphatic carbocycles. The highest BCUT2D eigenvalue weighted by molar-refractivity contribution is 5.36. The maximum atomic E-state index is 13.1. The number of aliphatic hydroxyl groups excluding tert-OH is 1. The van der Waals surface area contributed by atoms with Crippen LogP contribution in [0.5, 0.6) is 5.75 Å². The van der Waals surface area contributed by atoms with Crippen LogP contribution in [0.3, 0.4) is 0 Å². The molecule has 4 heteroatoms. The summed E-state index contributed by atoms with van der Waals surface area (Å²) in [5.74, 6) is 0.138. The number of hydrogen-bond donors (Lipinski definition) is 2. The lowest BCUT2D eigenvalue weighted by molar-refractivity contribution is 0.122. The van der Waals surface area contributed by atoms with Crippen molar-refractivity contribution in [2.75, 3.05) is 7.11 Å². The molecule has 2 atom stereocenters. The number of benzene rings is 1. The van der Waals surface area contributed by atoms with Gasteiger partial charge in [0.05, 0.1) is 13.2 Å². The zero-order chi connectivity index (χ0) is 12.3. The number of methoxy groups -OCH3 is 1. The quantitative estimate of drug-likeness (QED) is 0.825. The van der Waals surface area contributed by atoms with Crippen molar-refractivity contribution in [3.05, 3.63) is 29.6 Å². The van der Waals surface area contributed by atoms with Crippen molar-refractivity contribution in [1.82, 2.24) is 0 Å². The molecule has 0 radical (unpaired) electrons. The molecule has 0 saturated carbocycles. The first-order chi connectivity index (χ1) is 7.47. The van der Waals surface area contributed by atoms with Crippen LogP contribution in [0.4, 0.5) is 4.39 Å². The van der Waals surface area contributed by atoms with Crippen molar-refractivity contribution in [2.45, 2.75) is 26.0 Å². The SMILES string of the molecule is COc1ccc(F)cc1C(O)C(N)C(C)C. The summed E-state index contributed by atoms with van der Waals surface area (Å²) in [6.07, 6.45) is -0.925. The first-order valence-electron chi connectivity index (χ1n) is 5.24. The molecule has 0 spiro atoms. The van der Waals surface area contributed by atoms with Crippen LogP contribution in [0, 0.1) is 11.7 Å². The summed E-state index contributed by atoms with van der Waals surface area (Å²) >= 11 is 0. The van der Waals surface area contributed by atoms with E-state index in [9.17, 15) is 9.50 Å². The number of ether oxygens (including phenoxy) is 1. The zero-order valence-corrected chi connectivity index (χ0v) is 9.77. The van der Waals surface area contributed by atoms with Gasteiger partial charge in [-0.2, -0.15) is 0 Å². The van der Waals surface area contributed by atoms with E-state index in [4.69, 9.17) is 10.5 Å². The van der Waals surface area contributed by atoms with E-state index in [0.29, 0.717) is 11.3 Å². The molecular formula is C12H18FNO2. The Morgan fingerprint density at radius 1 is 1.38 bits per heavy atom. The standard InChI is InChI=1S/C12H18FNO2/c1-7(2)11(14)12(15)9-6-8(13)4-5-10(9)16-3/h4-7,11-12,15H,14H2,1-3H3. The van der Waals surface area contributed by atoms with Crippen LogP contribution in [-0.4, -0.2) is 18.3 Å². The lowest BCUT2D eigenvalue weighted by atomic mass is 9.94. The summed E-state index contributed by atoms with van der Waals surface area (Å²) in [5.41, 5.74) is 6.23. The Morgan fingerprint density at radius 2 is 2.00 bits per heavy atom. The van der Waals surface area contributed by atoms with Crippen LogP contribution in [-0.2, 0) is 0 Å². The summed E-state index contributed by atoms with van der Waals surface area (Å²) in [4.78, 5) is 0. The van der Waals surface area contributed by atoms with Gasteiger partial charge in [0.15, 0.2) is 0 Å². The van der Waals surface area contributed by atoms with Gasteiger partial charge in [-0.3, -0.25) is 0 Å². The van der Waals surface area contributed by atoms with E-state index in [0.717, 1.165) is 0 Å². The van der Waals surface area contributed by atoms with Gasteiger partial charge in [0.1, 0.15) is 11.6 Å². The van der Waals surface area contributed by atoms with Gasteiger partial charge in [-0.25, -0.2) is 4.39 Å². The Kier molecular flexibility index (Phi) is 4.26. The van der Waals surface area contributed by atoms with Crippen LogP contribution in [0.1, 0.15) is 25.5 Å². The van der Waals surface area contributed by atoms with Crippen molar-refractivity contribution in [3.63, 3.8) is 0 Å². The molecule has 3 nitrogen and oxygen atoms in total. The predicted molar refractivity (Wildman–Crippen MR) is 60.7 cm³/mol. The Bertz CT molecular complexity index is 355. The molecule has 1 aromatic rings. The third-order valence-electron chi connectivity index (χ3n) is 2.64. The van der Waals surface area contributed by atoms with Gasteiger partial charge in [-0.05, 0) is 24.1 Å². The fraction of sp³-hybridized carbons (Fsp3) is 0.500. The minimum Gasteiger partial charge on any atom is -0.496 e. The molecule has 0 bridgehead atoms. The molecule has 0 fully saturated rings. The zero-order valence-electron chi connectivity index (χ0n) is 9.77. The second-order valence-corrected chi connectivity index (χ2v) is 4.15. The molecule has 90 valence electrons. The smallest absolute Gasteiger partial charge is 0.124 e. The minimum absolute atomic E-state index is 0.1000. The maximum Gasteiger partial charge on any atom is 0.124 e. The van der Waals surface area contributed by atoms with E-state index in [-0.39, 0.29) is 5.92 Å². The van der Waals surface area contributed by atoms with Crippen LogP contribution in [0.25, 0.3) is 0 Å². The highest BCUT2D eigenvalue weighted by atomic mass is 19.1. The first-order valence-corrected chi connectivity index (χ1v) is 5.24. The Hall–Kier alpha value is -1.13. The van der Waals surface area contributed by atoms with Gasteiger partial charge >= 0.3 is 0 Å². The summed E-state index contributed by atoms with van der Waals surface area (Å²) in [6.45, 7) is 3.80. The molecule has 0 aliphatic heterocycles. The Labute approximate surface area is 95.0 Å². The lowest BCUT2D eigenvalue weighted by Gasteiger charge is -2.23. The molecule has 0 heterocycles. The van der Waals surface area contributed by atoms with Crippen LogP contribution in [0.2, 0.25) is 0 Å². The third-order valence-corrected chi connectivity index (χ3v) is 2.64. The second-order valence-electron chi connectivity index (χ2n) is 4.15. The van der Waals surface area contributed by atoms with Gasteiger partial charge in [-0.15, -0.1) is 0 Å². The van der Waals surface area contributed by atoms with Gasteiger partial charge in [0.2, 0.25) is 0 Å². The molecule has 1 rings (SSSR count). The van der Waals surface area contributed by atoms with Crippen molar-refractivity contribution in [3.8, 4) is 5.75 Å². The highest BCUT2D eigenvalue weighted by Gasteiger charge is 2.23. The van der Waals surface area contributed by atoms with E-state index in [2.05, 4.69) is 0 Å². The number of rotatable bonds is 4. The molecule has 0 aliphatic rings. The van der Waals surface area contributed by atoms with E-state index in [1.165, 1.54) is 25.3 Å². The van der Waals surface area contributed by atoms with E-state index in [1.54, 1.807) is 0 Å². The normalized spacial score (nSPS) is 14.9. The van der Waals surface area contributed by atoms with Gasteiger partial charge in [0, 0.05) is 11.6 Å². The van der Waals surface area contributed by atoms with Gasteiger partial charge in [-0.1, -0.05) is 13.8 Å². The first kappa shape index (κ1) is 12.9. The summed E-state index contributed by atoms with van der Waals surface area (Å²) < 4.78 is 18.2. The van der Waals surface area contributed by atoms with Crippen LogP contribution < -0.4 is 10.5 Å². The lowest BCUT2D eigenvalue weighted by Crippen LogP contribution is -2.33. The predicted octanol–water partition coefficient (Wildman–Crippen LogP) is 1.85. The number of halogens is 1. The van der Waals surface area contributed by atoms with Crippen molar-refractivity contribution in [1.29, 1.82) is 0 Å². The average molecular weight is 227 g/mol. The molecule has 0 amide bonds. The molecule has 3 N–H and O–H groups in total. The van der Waals surface area contributed by atoms with Crippen molar-refractivity contribution in [2.24, 2.45) is 11.7 Å². The summed E-state index contributed by atoms with van der Waals surface area (Å²) in [5, 5.41) is 10.0. The highest BCUT2D eigenvalue weighted by Crippen LogP contribution is 2.29. The molecule has 0 aromatic heterocycles. The second kappa shape index (κ2) is 5.27. The van der Waals surface area contributed by atoms with Gasteiger partial charge < -0.3 is 15.6 Å². The fourth-order valence-corrected chi connectivity index (χ4v) is 1.51. The fourth-order valence-electron chi connectivity index (χ4n) is 1.51. The molecular weight excluding hydrogens is 209 g/mol. The maximum absolute atomic E-state index is 13.1. The molecule has 2 unspecified atom stereocenters. The number of nitrogens with two attached hydrogens (primary N) is 1. The third kappa shape index (κ3) is 2.71. The monoisotopic (exact) mass is 227 g/mol. The van der Waals surface area contributed by atoms with Crippen molar-refractivity contribution >= 4 is 0 Å². The topological polar surface area (TPSA) is 55.5 Å². The van der Waals surface area contributed by atoms with E-state index >= 15 is 0 Å². The van der Waals surface area contributed by atoms with Crippen molar-refractivity contribution < 1.29 is 14.2 Å². The molecule has 0 saturated heterocycles. The average Bonchev–Trinajstić information content (AvgIpc) is 2.26. The Morgan fingerprint density at radius 3 is 2.50 bits per heavy atom. The molecule has 16 heavy (non-hydrogen) atoms. The summed E-state index contributed by atoms with van der Waals surface area (Å²) in [6, 6.07) is 3.58. The van der Waals surface area contributed by atoms with Crippen LogP contribution >= 0.6 is 0 Å². The van der Waals surface area contributed by atoms with Crippen LogP contribution in [0.15, 0.2) is 18.2 Å². The Balaban J connectivity index is 3.05. The van der Waals surface area contributed by atoms with Gasteiger partial charge in [0.25, 0.3) is 0 Å². The van der Waals surface area contributed by atoms with E-state index < -0.39 is 18.0 Å². The largest absolute Gasteiger partial charge is 0.496 e. The minimum atomic E-state index is -0.925.